The molecule has 198 valence electrons. The topological polar surface area (TPSA) is 96.0 Å². The van der Waals surface area contributed by atoms with Gasteiger partial charge in [-0.1, -0.05) is 23.7 Å². The molecule has 8 nitrogen and oxygen atoms in total. The number of anilines is 1. The van der Waals surface area contributed by atoms with E-state index in [0.717, 1.165) is 6.26 Å². The number of carbonyl (C=O) groups is 2. The Hall–Kier alpha value is -2.85. The maximum absolute atomic E-state index is 13.3. The predicted molar refractivity (Wildman–Crippen MR) is 139 cm³/mol. The van der Waals surface area contributed by atoms with Gasteiger partial charge < -0.3 is 15.0 Å². The molecule has 1 atom stereocenters. The molecule has 0 heterocycles. The first-order valence-electron chi connectivity index (χ1n) is 11.5. The van der Waals surface area contributed by atoms with Crippen LogP contribution in [0.3, 0.4) is 0 Å². The lowest BCUT2D eigenvalue weighted by molar-refractivity contribution is -0.140. The number of nitrogens with one attached hydrogen (secondary N) is 1. The van der Waals surface area contributed by atoms with Crippen LogP contribution in [0.2, 0.25) is 5.02 Å². The normalized spacial score (nSPS) is 12.2. The van der Waals surface area contributed by atoms with Crippen molar-refractivity contribution in [1.29, 1.82) is 0 Å². The molecule has 0 radical (unpaired) electrons. The van der Waals surface area contributed by atoms with Crippen LogP contribution in [-0.4, -0.2) is 57.1 Å². The lowest BCUT2D eigenvalue weighted by Crippen LogP contribution is -2.49. The molecule has 0 saturated carbocycles. The average Bonchev–Trinajstić information content (AvgIpc) is 2.79. The zero-order valence-corrected chi connectivity index (χ0v) is 22.7. The zero-order valence-electron chi connectivity index (χ0n) is 21.1. The number of hydrogen-bond donors (Lipinski definition) is 1. The Bertz CT molecular complexity index is 1160. The summed E-state index contributed by atoms with van der Waals surface area (Å²) in [5, 5.41) is 3.06. The lowest BCUT2D eigenvalue weighted by Gasteiger charge is -2.30. The predicted octanol–water partition coefficient (Wildman–Crippen LogP) is 3.98. The number of sulfonamides is 1. The summed E-state index contributed by atoms with van der Waals surface area (Å²) in [6.45, 7) is 5.41. The fraction of sp³-hybridized carbons (Fsp3) is 0.440. The standard InChI is InChI=1S/C25H33ClFN3O5S/c1-17(2)28-25(32)18(3)29(16-19-8-10-20(27)11-9-19)24(31)7-6-14-30(36(5,33)34)21-12-13-23(35-4)22(26)15-21/h8-13,15,17-18H,6-7,14,16H2,1-5H3,(H,28,32)/t18-/m1/s1. The van der Waals surface area contributed by atoms with E-state index >= 15 is 0 Å². The number of ether oxygens (including phenoxy) is 1. The van der Waals surface area contributed by atoms with Gasteiger partial charge in [0.1, 0.15) is 17.6 Å². The van der Waals surface area contributed by atoms with Gasteiger partial charge in [-0.15, -0.1) is 0 Å². The Morgan fingerprint density at radius 1 is 1.11 bits per heavy atom. The third-order valence-electron chi connectivity index (χ3n) is 5.44. The van der Waals surface area contributed by atoms with Gasteiger partial charge in [0.25, 0.3) is 0 Å². The lowest BCUT2D eigenvalue weighted by atomic mass is 10.1. The SMILES string of the molecule is COc1ccc(N(CCCC(=O)N(Cc2ccc(F)cc2)[C@H](C)C(=O)NC(C)C)S(C)(=O)=O)cc1Cl. The molecule has 2 aromatic rings. The molecule has 36 heavy (non-hydrogen) atoms. The van der Waals surface area contributed by atoms with Crippen molar-refractivity contribution in [2.75, 3.05) is 24.2 Å². The van der Waals surface area contributed by atoms with Crippen LogP contribution in [0.4, 0.5) is 10.1 Å². The highest BCUT2D eigenvalue weighted by Crippen LogP contribution is 2.30. The quantitative estimate of drug-likeness (QED) is 0.438. The molecule has 2 rings (SSSR count). The first-order chi connectivity index (χ1) is 16.8. The second kappa shape index (κ2) is 12.9. The molecule has 2 aromatic carbocycles. The Labute approximate surface area is 217 Å². The fourth-order valence-electron chi connectivity index (χ4n) is 3.59. The van der Waals surface area contributed by atoms with Crippen molar-refractivity contribution < 1.29 is 27.1 Å². The first kappa shape index (κ1) is 29.4. The zero-order chi connectivity index (χ0) is 27.0. The van der Waals surface area contributed by atoms with Crippen molar-refractivity contribution >= 4 is 39.1 Å². The Balaban J connectivity index is 2.18. The second-order valence-corrected chi connectivity index (χ2v) is 11.1. The number of benzene rings is 2. The van der Waals surface area contributed by atoms with Gasteiger partial charge >= 0.3 is 0 Å². The summed E-state index contributed by atoms with van der Waals surface area (Å²) >= 11 is 6.17. The molecular formula is C25H33ClFN3O5S. The minimum atomic E-state index is -3.66. The summed E-state index contributed by atoms with van der Waals surface area (Å²) in [5.74, 6) is -0.631. The number of rotatable bonds is 12. The molecule has 0 spiro atoms. The molecule has 0 fully saturated rings. The van der Waals surface area contributed by atoms with Gasteiger partial charge in [-0.25, -0.2) is 12.8 Å². The molecular weight excluding hydrogens is 509 g/mol. The summed E-state index contributed by atoms with van der Waals surface area (Å²) in [6, 6.07) is 9.44. The smallest absolute Gasteiger partial charge is 0.242 e. The summed E-state index contributed by atoms with van der Waals surface area (Å²) < 4.78 is 44.5. The molecule has 2 amide bonds. The van der Waals surface area contributed by atoms with Crippen molar-refractivity contribution in [2.45, 2.75) is 52.2 Å². The van der Waals surface area contributed by atoms with Gasteiger partial charge in [0.05, 0.1) is 24.1 Å². The Kier molecular flexibility index (Phi) is 10.5. The Morgan fingerprint density at radius 3 is 2.28 bits per heavy atom. The Morgan fingerprint density at radius 2 is 1.75 bits per heavy atom. The van der Waals surface area contributed by atoms with Gasteiger partial charge in [-0.2, -0.15) is 0 Å². The van der Waals surface area contributed by atoms with Gasteiger partial charge in [0, 0.05) is 25.6 Å². The highest BCUT2D eigenvalue weighted by molar-refractivity contribution is 7.92. The molecule has 0 aliphatic heterocycles. The third kappa shape index (κ3) is 8.37. The van der Waals surface area contributed by atoms with E-state index in [4.69, 9.17) is 16.3 Å². The summed E-state index contributed by atoms with van der Waals surface area (Å²) in [4.78, 5) is 27.3. The average molecular weight is 542 g/mol. The molecule has 0 aliphatic rings. The monoisotopic (exact) mass is 541 g/mol. The van der Waals surface area contributed by atoms with E-state index in [2.05, 4.69) is 5.32 Å². The maximum atomic E-state index is 13.3. The van der Waals surface area contributed by atoms with E-state index in [1.165, 1.54) is 34.5 Å². The molecule has 0 unspecified atom stereocenters. The van der Waals surface area contributed by atoms with Crippen LogP contribution in [0.25, 0.3) is 0 Å². The van der Waals surface area contributed by atoms with Crippen molar-refractivity contribution in [3.8, 4) is 5.75 Å². The highest BCUT2D eigenvalue weighted by Gasteiger charge is 2.27. The van der Waals surface area contributed by atoms with Crippen LogP contribution in [0, 0.1) is 5.82 Å². The molecule has 0 aromatic heterocycles. The largest absolute Gasteiger partial charge is 0.495 e. The third-order valence-corrected chi connectivity index (χ3v) is 6.93. The van der Waals surface area contributed by atoms with Crippen molar-refractivity contribution in [1.82, 2.24) is 10.2 Å². The van der Waals surface area contributed by atoms with E-state index in [9.17, 15) is 22.4 Å². The van der Waals surface area contributed by atoms with Gasteiger partial charge in [-0.3, -0.25) is 13.9 Å². The molecule has 11 heteroatoms. The van der Waals surface area contributed by atoms with Crippen LogP contribution in [0.5, 0.6) is 5.75 Å². The number of carbonyl (C=O) groups excluding carboxylic acids is 2. The molecule has 0 saturated heterocycles. The van der Waals surface area contributed by atoms with E-state index in [1.807, 2.05) is 13.8 Å². The van der Waals surface area contributed by atoms with Crippen LogP contribution in [0.15, 0.2) is 42.5 Å². The fourth-order valence-corrected chi connectivity index (χ4v) is 4.80. The van der Waals surface area contributed by atoms with Crippen molar-refractivity contribution in [2.24, 2.45) is 0 Å². The minimum Gasteiger partial charge on any atom is -0.495 e. The van der Waals surface area contributed by atoms with Gasteiger partial charge in [-0.05, 0) is 63.1 Å². The summed E-state index contributed by atoms with van der Waals surface area (Å²) in [6.07, 6.45) is 1.27. The number of amides is 2. The van der Waals surface area contributed by atoms with Crippen LogP contribution in [0.1, 0.15) is 39.2 Å². The summed E-state index contributed by atoms with van der Waals surface area (Å²) in [7, 11) is -2.20. The highest BCUT2D eigenvalue weighted by atomic mass is 35.5. The van der Waals surface area contributed by atoms with E-state index in [0.29, 0.717) is 17.0 Å². The number of hydrogen-bond acceptors (Lipinski definition) is 5. The minimum absolute atomic E-state index is 0.00357. The van der Waals surface area contributed by atoms with Crippen molar-refractivity contribution in [3.05, 3.63) is 58.9 Å². The maximum Gasteiger partial charge on any atom is 0.242 e. The molecule has 0 bridgehead atoms. The number of nitrogens with zero attached hydrogens (tertiary/aromatic N) is 2. The second-order valence-electron chi connectivity index (χ2n) is 8.74. The number of methoxy groups -OCH3 is 1. The van der Waals surface area contributed by atoms with Gasteiger partial charge in [0.2, 0.25) is 21.8 Å². The first-order valence-corrected chi connectivity index (χ1v) is 13.7. The van der Waals surface area contributed by atoms with E-state index in [-0.39, 0.29) is 48.8 Å². The van der Waals surface area contributed by atoms with Crippen molar-refractivity contribution in [3.63, 3.8) is 0 Å². The van der Waals surface area contributed by atoms with Crippen LogP contribution in [-0.2, 0) is 26.2 Å². The summed E-state index contributed by atoms with van der Waals surface area (Å²) in [5.41, 5.74) is 1.02. The molecule has 0 aliphatic carbocycles. The van der Waals surface area contributed by atoms with Gasteiger partial charge in [0.15, 0.2) is 0 Å². The molecule has 1 N–H and O–H groups in total. The number of halogens is 2. The van der Waals surface area contributed by atoms with E-state index in [1.54, 1.807) is 31.2 Å². The van der Waals surface area contributed by atoms with Crippen LogP contribution >= 0.6 is 11.6 Å². The van der Waals surface area contributed by atoms with Crippen LogP contribution < -0.4 is 14.4 Å². The van der Waals surface area contributed by atoms with E-state index < -0.39 is 21.9 Å².